The van der Waals surface area contributed by atoms with Crippen molar-refractivity contribution in [1.29, 1.82) is 0 Å². The Hall–Kier alpha value is -0.160. The van der Waals surface area contributed by atoms with Crippen LogP contribution in [0.3, 0.4) is 0 Å². The highest BCUT2D eigenvalue weighted by molar-refractivity contribution is 4.97. The molecule has 4 heteroatoms. The van der Waals surface area contributed by atoms with E-state index in [9.17, 15) is 0 Å². The molecule has 3 fully saturated rings. The maximum atomic E-state index is 5.63. The third kappa shape index (κ3) is 1.99. The Labute approximate surface area is 97.3 Å². The van der Waals surface area contributed by atoms with Gasteiger partial charge in [0.15, 0.2) is 0 Å². The van der Waals surface area contributed by atoms with Gasteiger partial charge in [0.2, 0.25) is 0 Å². The molecule has 3 rings (SSSR count). The Bertz CT molecular complexity index is 243. The van der Waals surface area contributed by atoms with Crippen molar-refractivity contribution in [2.24, 2.45) is 11.8 Å². The molecule has 3 heterocycles. The van der Waals surface area contributed by atoms with Crippen molar-refractivity contribution in [3.05, 3.63) is 0 Å². The van der Waals surface area contributed by atoms with Gasteiger partial charge in [-0.1, -0.05) is 0 Å². The predicted molar refractivity (Wildman–Crippen MR) is 61.2 cm³/mol. The lowest BCUT2D eigenvalue weighted by Crippen LogP contribution is -2.41. The highest BCUT2D eigenvalue weighted by Crippen LogP contribution is 2.32. The molecule has 92 valence electrons. The lowest BCUT2D eigenvalue weighted by molar-refractivity contribution is -0.145. The second-order valence-electron chi connectivity index (χ2n) is 5.38. The molecule has 0 radical (unpaired) electrons. The normalized spacial score (nSPS) is 44.8. The molecule has 0 spiro atoms. The fraction of sp³-hybridized carbons (Fsp3) is 1.00. The second-order valence-corrected chi connectivity index (χ2v) is 5.38. The highest BCUT2D eigenvalue weighted by Gasteiger charge is 2.42. The van der Waals surface area contributed by atoms with Crippen molar-refractivity contribution in [3.63, 3.8) is 0 Å². The molecule has 0 aliphatic carbocycles. The SMILES string of the molecule is CC1C2CNCC2CN1CC1CCOCO1. The minimum Gasteiger partial charge on any atom is -0.355 e. The molecule has 3 aliphatic rings. The fourth-order valence-corrected chi connectivity index (χ4v) is 3.40. The highest BCUT2D eigenvalue weighted by atomic mass is 16.7. The number of fused-ring (bicyclic) bond motifs is 1. The van der Waals surface area contributed by atoms with Crippen molar-refractivity contribution in [2.45, 2.75) is 25.5 Å². The topological polar surface area (TPSA) is 33.7 Å². The first-order chi connectivity index (χ1) is 7.84. The average molecular weight is 226 g/mol. The smallest absolute Gasteiger partial charge is 0.147 e. The van der Waals surface area contributed by atoms with Gasteiger partial charge in [0, 0.05) is 19.1 Å². The standard InChI is InChI=1S/C12H22N2O2/c1-9-12-5-13-4-10(12)6-14(9)7-11-2-3-15-8-16-11/h9-13H,2-8H2,1H3. The van der Waals surface area contributed by atoms with Gasteiger partial charge < -0.3 is 14.8 Å². The summed E-state index contributed by atoms with van der Waals surface area (Å²) in [5.41, 5.74) is 0. The Morgan fingerprint density at radius 2 is 2.31 bits per heavy atom. The van der Waals surface area contributed by atoms with Crippen LogP contribution in [-0.4, -0.2) is 56.6 Å². The lowest BCUT2D eigenvalue weighted by Gasteiger charge is -2.30. The third-order valence-corrected chi connectivity index (χ3v) is 4.47. The van der Waals surface area contributed by atoms with Crippen molar-refractivity contribution >= 4 is 0 Å². The molecule has 0 aromatic rings. The number of hydrogen-bond acceptors (Lipinski definition) is 4. The van der Waals surface area contributed by atoms with Gasteiger partial charge in [0.25, 0.3) is 0 Å². The van der Waals surface area contributed by atoms with Crippen molar-refractivity contribution in [1.82, 2.24) is 10.2 Å². The minimum absolute atomic E-state index is 0.392. The van der Waals surface area contributed by atoms with Gasteiger partial charge in [0.05, 0.1) is 12.7 Å². The van der Waals surface area contributed by atoms with Gasteiger partial charge in [-0.2, -0.15) is 0 Å². The molecule has 0 bridgehead atoms. The van der Waals surface area contributed by atoms with Gasteiger partial charge in [0.1, 0.15) is 6.79 Å². The lowest BCUT2D eigenvalue weighted by atomic mass is 9.95. The van der Waals surface area contributed by atoms with Gasteiger partial charge in [-0.05, 0) is 38.3 Å². The third-order valence-electron chi connectivity index (χ3n) is 4.47. The maximum Gasteiger partial charge on any atom is 0.147 e. The molecule has 3 saturated heterocycles. The van der Waals surface area contributed by atoms with Crippen LogP contribution in [0.5, 0.6) is 0 Å². The molecule has 4 nitrogen and oxygen atoms in total. The Morgan fingerprint density at radius 1 is 1.38 bits per heavy atom. The monoisotopic (exact) mass is 226 g/mol. The summed E-state index contributed by atoms with van der Waals surface area (Å²) >= 11 is 0. The van der Waals surface area contributed by atoms with E-state index in [1.54, 1.807) is 0 Å². The molecule has 0 amide bonds. The molecule has 0 saturated carbocycles. The number of nitrogens with one attached hydrogen (secondary N) is 1. The molecular weight excluding hydrogens is 204 g/mol. The first-order valence-electron chi connectivity index (χ1n) is 6.48. The molecule has 4 atom stereocenters. The molecule has 4 unspecified atom stereocenters. The molecule has 0 aromatic heterocycles. The van der Waals surface area contributed by atoms with E-state index in [2.05, 4.69) is 17.1 Å². The van der Waals surface area contributed by atoms with Crippen LogP contribution in [-0.2, 0) is 9.47 Å². The largest absolute Gasteiger partial charge is 0.355 e. The summed E-state index contributed by atoms with van der Waals surface area (Å²) in [5.74, 6) is 1.73. The molecule has 16 heavy (non-hydrogen) atoms. The number of nitrogens with zero attached hydrogens (tertiary/aromatic N) is 1. The van der Waals surface area contributed by atoms with Crippen LogP contribution in [0.1, 0.15) is 13.3 Å². The zero-order valence-corrected chi connectivity index (χ0v) is 10.0. The molecule has 3 aliphatic heterocycles. The van der Waals surface area contributed by atoms with E-state index in [1.165, 1.54) is 19.6 Å². The number of hydrogen-bond donors (Lipinski definition) is 1. The second kappa shape index (κ2) is 4.61. The van der Waals surface area contributed by atoms with E-state index in [0.717, 1.165) is 31.4 Å². The van der Waals surface area contributed by atoms with Gasteiger partial charge in [-0.15, -0.1) is 0 Å². The number of ether oxygens (including phenoxy) is 2. The van der Waals surface area contributed by atoms with Gasteiger partial charge in [-0.3, -0.25) is 4.90 Å². The molecule has 1 N–H and O–H groups in total. The van der Waals surface area contributed by atoms with Crippen molar-refractivity contribution < 1.29 is 9.47 Å². The summed E-state index contributed by atoms with van der Waals surface area (Å²) in [4.78, 5) is 2.62. The predicted octanol–water partition coefficient (Wildman–Crippen LogP) is 0.289. The molecular formula is C12H22N2O2. The summed E-state index contributed by atoms with van der Waals surface area (Å²) in [7, 11) is 0. The Morgan fingerprint density at radius 3 is 3.06 bits per heavy atom. The van der Waals surface area contributed by atoms with Crippen molar-refractivity contribution in [2.75, 3.05) is 39.6 Å². The molecule has 0 aromatic carbocycles. The van der Waals surface area contributed by atoms with Crippen LogP contribution in [0.2, 0.25) is 0 Å². The maximum absolute atomic E-state index is 5.63. The fourth-order valence-electron chi connectivity index (χ4n) is 3.40. The zero-order chi connectivity index (χ0) is 11.0. The van der Waals surface area contributed by atoms with E-state index in [1.807, 2.05) is 0 Å². The average Bonchev–Trinajstić information content (AvgIpc) is 2.86. The number of likely N-dealkylation sites (tertiary alicyclic amines) is 1. The van der Waals surface area contributed by atoms with Crippen LogP contribution in [0.15, 0.2) is 0 Å². The van der Waals surface area contributed by atoms with Gasteiger partial charge in [-0.25, -0.2) is 0 Å². The van der Waals surface area contributed by atoms with E-state index in [-0.39, 0.29) is 0 Å². The van der Waals surface area contributed by atoms with Crippen LogP contribution < -0.4 is 5.32 Å². The van der Waals surface area contributed by atoms with Gasteiger partial charge >= 0.3 is 0 Å². The quantitative estimate of drug-likeness (QED) is 0.734. The van der Waals surface area contributed by atoms with E-state index < -0.39 is 0 Å². The van der Waals surface area contributed by atoms with E-state index in [0.29, 0.717) is 18.9 Å². The summed E-state index contributed by atoms with van der Waals surface area (Å²) in [5, 5.41) is 3.50. The summed E-state index contributed by atoms with van der Waals surface area (Å²) in [6, 6.07) is 0.714. The van der Waals surface area contributed by atoms with E-state index in [4.69, 9.17) is 9.47 Å². The summed E-state index contributed by atoms with van der Waals surface area (Å²) in [6.45, 7) is 8.48. The first-order valence-corrected chi connectivity index (χ1v) is 6.48. The minimum atomic E-state index is 0.392. The van der Waals surface area contributed by atoms with Crippen LogP contribution >= 0.6 is 0 Å². The zero-order valence-electron chi connectivity index (χ0n) is 10.0. The summed E-state index contributed by atoms with van der Waals surface area (Å²) in [6.07, 6.45) is 1.44. The van der Waals surface area contributed by atoms with Crippen LogP contribution in [0, 0.1) is 11.8 Å². The summed E-state index contributed by atoms with van der Waals surface area (Å²) < 4.78 is 10.8. The number of rotatable bonds is 2. The Balaban J connectivity index is 1.55. The van der Waals surface area contributed by atoms with E-state index >= 15 is 0 Å². The van der Waals surface area contributed by atoms with Crippen LogP contribution in [0.4, 0.5) is 0 Å². The van der Waals surface area contributed by atoms with Crippen LogP contribution in [0.25, 0.3) is 0 Å². The first kappa shape index (κ1) is 11.0. The Kier molecular flexibility index (Phi) is 3.16. The van der Waals surface area contributed by atoms with Crippen molar-refractivity contribution in [3.8, 4) is 0 Å².